The van der Waals surface area contributed by atoms with E-state index in [9.17, 15) is 4.79 Å². The van der Waals surface area contributed by atoms with E-state index >= 15 is 0 Å². The fourth-order valence-electron chi connectivity index (χ4n) is 2.61. The van der Waals surface area contributed by atoms with Gasteiger partial charge in [0.15, 0.2) is 0 Å². The van der Waals surface area contributed by atoms with Crippen LogP contribution < -0.4 is 5.32 Å². The van der Waals surface area contributed by atoms with E-state index in [2.05, 4.69) is 20.2 Å². The second kappa shape index (κ2) is 7.97. The van der Waals surface area contributed by atoms with Gasteiger partial charge in [-0.25, -0.2) is 9.78 Å². The molecule has 1 fully saturated rings. The summed E-state index contributed by atoms with van der Waals surface area (Å²) in [6, 6.07) is 0. The highest BCUT2D eigenvalue weighted by molar-refractivity contribution is 7.98. The Labute approximate surface area is 142 Å². The van der Waals surface area contributed by atoms with Crippen molar-refractivity contribution in [3.05, 3.63) is 18.1 Å². The second-order valence-electron chi connectivity index (χ2n) is 6.78. The van der Waals surface area contributed by atoms with Crippen LogP contribution in [0.5, 0.6) is 0 Å². The zero-order chi connectivity index (χ0) is 16.9. The lowest BCUT2D eigenvalue weighted by Gasteiger charge is -2.21. The Morgan fingerprint density at radius 2 is 2.17 bits per heavy atom. The predicted octanol–water partition coefficient (Wildman–Crippen LogP) is 2.55. The van der Waals surface area contributed by atoms with Crippen LogP contribution in [-0.4, -0.2) is 52.5 Å². The number of aromatic nitrogens is 2. The Bertz CT molecular complexity index is 533. The number of carbonyl (C=O) groups excluding carboxylic acids is 1. The van der Waals surface area contributed by atoms with Crippen LogP contribution in [0.15, 0.2) is 17.4 Å². The first-order valence-electron chi connectivity index (χ1n) is 7.90. The third-order valence-corrected chi connectivity index (χ3v) is 4.33. The molecular weight excluding hydrogens is 312 g/mol. The van der Waals surface area contributed by atoms with Gasteiger partial charge in [0.25, 0.3) is 0 Å². The number of nitrogens with one attached hydrogen (secondary N) is 1. The van der Waals surface area contributed by atoms with Gasteiger partial charge in [0.1, 0.15) is 10.6 Å². The largest absolute Gasteiger partial charge is 0.444 e. The van der Waals surface area contributed by atoms with Gasteiger partial charge in [-0.1, -0.05) is 0 Å². The first-order valence-corrected chi connectivity index (χ1v) is 9.13. The molecule has 2 rings (SSSR count). The highest BCUT2D eigenvalue weighted by Crippen LogP contribution is 2.21. The van der Waals surface area contributed by atoms with Gasteiger partial charge in [-0.2, -0.15) is 0 Å². The minimum atomic E-state index is -0.452. The van der Waals surface area contributed by atoms with Crippen LogP contribution in [0, 0.1) is 5.92 Å². The number of ether oxygens (including phenoxy) is 1. The van der Waals surface area contributed by atoms with E-state index in [1.165, 1.54) is 0 Å². The molecule has 2 heterocycles. The number of thioether (sulfide) groups is 1. The highest BCUT2D eigenvalue weighted by Gasteiger charge is 2.25. The quantitative estimate of drug-likeness (QED) is 0.832. The number of hydrogen-bond acceptors (Lipinski definition) is 6. The van der Waals surface area contributed by atoms with E-state index in [-0.39, 0.29) is 6.09 Å². The standard InChI is InChI=1S/C16H26N4O2S/c1-16(2,3)22-15(21)19-9-12-5-8-20(10-12)11-13-14(23-4)18-7-6-17-13/h6-7,12H,5,8-11H2,1-4H3,(H,19,21). The number of hydrogen-bond donors (Lipinski definition) is 1. The summed E-state index contributed by atoms with van der Waals surface area (Å²) in [5, 5.41) is 3.86. The lowest BCUT2D eigenvalue weighted by Crippen LogP contribution is -2.36. The normalized spacial score (nSPS) is 18.9. The average Bonchev–Trinajstić information content (AvgIpc) is 2.91. The van der Waals surface area contributed by atoms with E-state index in [0.29, 0.717) is 12.5 Å². The summed E-state index contributed by atoms with van der Waals surface area (Å²) in [5.41, 5.74) is 0.576. The summed E-state index contributed by atoms with van der Waals surface area (Å²) >= 11 is 1.63. The van der Waals surface area contributed by atoms with Crippen LogP contribution in [0.3, 0.4) is 0 Å². The van der Waals surface area contributed by atoms with Crippen molar-refractivity contribution in [3.8, 4) is 0 Å². The molecule has 1 unspecified atom stereocenters. The van der Waals surface area contributed by atoms with E-state index in [0.717, 1.165) is 36.8 Å². The maximum atomic E-state index is 11.7. The van der Waals surface area contributed by atoms with Crippen molar-refractivity contribution in [2.45, 2.75) is 44.4 Å². The van der Waals surface area contributed by atoms with Crippen molar-refractivity contribution in [3.63, 3.8) is 0 Å². The zero-order valence-electron chi connectivity index (χ0n) is 14.3. The van der Waals surface area contributed by atoms with Crippen molar-refractivity contribution in [2.75, 3.05) is 25.9 Å². The molecule has 0 aromatic carbocycles. The minimum Gasteiger partial charge on any atom is -0.444 e. The number of nitrogens with zero attached hydrogens (tertiary/aromatic N) is 3. The molecule has 0 spiro atoms. The van der Waals surface area contributed by atoms with Gasteiger partial charge in [-0.15, -0.1) is 11.8 Å². The molecule has 0 saturated carbocycles. The first kappa shape index (κ1) is 18.0. The minimum absolute atomic E-state index is 0.338. The molecule has 1 N–H and O–H groups in total. The molecule has 0 aliphatic carbocycles. The van der Waals surface area contributed by atoms with E-state index in [1.807, 2.05) is 27.0 Å². The van der Waals surface area contributed by atoms with Crippen LogP contribution >= 0.6 is 11.8 Å². The summed E-state index contributed by atoms with van der Waals surface area (Å²) in [7, 11) is 0. The number of carbonyl (C=O) groups is 1. The Hall–Kier alpha value is -1.34. The number of amides is 1. The number of likely N-dealkylation sites (tertiary alicyclic amines) is 1. The van der Waals surface area contributed by atoms with E-state index < -0.39 is 5.60 Å². The smallest absolute Gasteiger partial charge is 0.407 e. The summed E-state index contributed by atoms with van der Waals surface area (Å²) in [4.78, 5) is 22.9. The van der Waals surface area contributed by atoms with E-state index in [4.69, 9.17) is 4.74 Å². The molecular formula is C16H26N4O2S. The van der Waals surface area contributed by atoms with Crippen molar-refractivity contribution >= 4 is 17.9 Å². The fraction of sp³-hybridized carbons (Fsp3) is 0.688. The second-order valence-corrected chi connectivity index (χ2v) is 7.58. The Morgan fingerprint density at radius 3 is 2.87 bits per heavy atom. The van der Waals surface area contributed by atoms with Crippen LogP contribution in [0.2, 0.25) is 0 Å². The monoisotopic (exact) mass is 338 g/mol. The van der Waals surface area contributed by atoms with Crippen molar-refractivity contribution in [2.24, 2.45) is 5.92 Å². The summed E-state index contributed by atoms with van der Waals surface area (Å²) in [6.45, 7) is 9.05. The summed E-state index contributed by atoms with van der Waals surface area (Å²) in [6.07, 6.45) is 6.23. The molecule has 1 saturated heterocycles. The van der Waals surface area contributed by atoms with Crippen LogP contribution in [0.25, 0.3) is 0 Å². The highest BCUT2D eigenvalue weighted by atomic mass is 32.2. The molecule has 0 radical (unpaired) electrons. The molecule has 6 nitrogen and oxygen atoms in total. The lowest BCUT2D eigenvalue weighted by molar-refractivity contribution is 0.0519. The average molecular weight is 338 g/mol. The SMILES string of the molecule is CSc1nccnc1CN1CCC(CNC(=O)OC(C)(C)C)C1. The number of alkyl carbamates (subject to hydrolysis) is 1. The summed E-state index contributed by atoms with van der Waals surface area (Å²) in [5.74, 6) is 0.455. The molecule has 1 atom stereocenters. The van der Waals surface area contributed by atoms with Gasteiger partial charge in [0.05, 0.1) is 5.69 Å². The zero-order valence-corrected chi connectivity index (χ0v) is 15.2. The van der Waals surface area contributed by atoms with Gasteiger partial charge >= 0.3 is 6.09 Å². The molecule has 1 amide bonds. The molecule has 128 valence electrons. The summed E-state index contributed by atoms with van der Waals surface area (Å²) < 4.78 is 5.27. The molecule has 7 heteroatoms. The molecule has 1 aliphatic rings. The third-order valence-electron chi connectivity index (χ3n) is 3.61. The Kier molecular flexibility index (Phi) is 6.24. The Morgan fingerprint density at radius 1 is 1.43 bits per heavy atom. The van der Waals surface area contributed by atoms with Crippen LogP contribution in [-0.2, 0) is 11.3 Å². The third kappa shape index (κ3) is 5.99. The maximum Gasteiger partial charge on any atom is 0.407 e. The predicted molar refractivity (Wildman–Crippen MR) is 91.4 cm³/mol. The molecule has 23 heavy (non-hydrogen) atoms. The van der Waals surface area contributed by atoms with Gasteiger partial charge in [0.2, 0.25) is 0 Å². The Balaban J connectivity index is 1.77. The lowest BCUT2D eigenvalue weighted by atomic mass is 10.1. The van der Waals surface area contributed by atoms with Gasteiger partial charge in [0, 0.05) is 32.0 Å². The topological polar surface area (TPSA) is 67.4 Å². The molecule has 1 aromatic heterocycles. The van der Waals surface area contributed by atoms with Crippen LogP contribution in [0.4, 0.5) is 4.79 Å². The van der Waals surface area contributed by atoms with Crippen molar-refractivity contribution in [1.29, 1.82) is 0 Å². The van der Waals surface area contributed by atoms with Gasteiger partial charge < -0.3 is 10.1 Å². The van der Waals surface area contributed by atoms with Gasteiger partial charge in [-0.3, -0.25) is 9.88 Å². The fourth-order valence-corrected chi connectivity index (χ4v) is 3.13. The first-order chi connectivity index (χ1) is 10.9. The van der Waals surface area contributed by atoms with Gasteiger partial charge in [-0.05, 0) is 45.9 Å². The van der Waals surface area contributed by atoms with Crippen LogP contribution in [0.1, 0.15) is 32.9 Å². The van der Waals surface area contributed by atoms with Crippen molar-refractivity contribution in [1.82, 2.24) is 20.2 Å². The molecule has 1 aliphatic heterocycles. The number of rotatable bonds is 5. The molecule has 1 aromatic rings. The maximum absolute atomic E-state index is 11.7. The molecule has 0 bridgehead atoms. The van der Waals surface area contributed by atoms with Crippen molar-refractivity contribution < 1.29 is 9.53 Å². The van der Waals surface area contributed by atoms with E-state index in [1.54, 1.807) is 24.2 Å².